The van der Waals surface area contributed by atoms with Crippen LogP contribution in [0.1, 0.15) is 43.0 Å². The van der Waals surface area contributed by atoms with Gasteiger partial charge in [0, 0.05) is 17.8 Å². The molecule has 1 saturated carbocycles. The number of hydrogen-bond donors (Lipinski definition) is 1. The van der Waals surface area contributed by atoms with E-state index in [1.165, 1.54) is 18.4 Å². The van der Waals surface area contributed by atoms with Crippen LogP contribution >= 0.6 is 0 Å². The van der Waals surface area contributed by atoms with E-state index in [0.717, 1.165) is 18.5 Å². The molecule has 0 aliphatic heterocycles. The zero-order valence-electron chi connectivity index (χ0n) is 12.3. The minimum atomic E-state index is -0.203. The summed E-state index contributed by atoms with van der Waals surface area (Å²) in [7, 11) is 1.62. The Hall–Kier alpha value is -1.94. The molecule has 2 aromatic rings. The van der Waals surface area contributed by atoms with Crippen molar-refractivity contribution in [2.45, 2.75) is 37.1 Å². The number of hydrogen-bond acceptors (Lipinski definition) is 4. The summed E-state index contributed by atoms with van der Waals surface area (Å²) < 4.78 is 5.35. The minimum Gasteiger partial charge on any atom is -0.480 e. The molecule has 1 aliphatic rings. The first-order chi connectivity index (χ1) is 10.3. The van der Waals surface area contributed by atoms with Gasteiger partial charge >= 0.3 is 0 Å². The Morgan fingerprint density at radius 1 is 1.10 bits per heavy atom. The molecule has 1 aromatic carbocycles. The molecular weight excluding hydrogens is 262 g/mol. The van der Waals surface area contributed by atoms with E-state index in [-0.39, 0.29) is 11.5 Å². The smallest absolute Gasteiger partial charge is 0.237 e. The lowest BCUT2D eigenvalue weighted by molar-refractivity contribution is 0.326. The molecular formula is C17H21N3O. The summed E-state index contributed by atoms with van der Waals surface area (Å²) in [5.41, 5.74) is 8.65. The van der Waals surface area contributed by atoms with Gasteiger partial charge < -0.3 is 10.5 Å². The van der Waals surface area contributed by atoms with Gasteiger partial charge in [-0.25, -0.2) is 4.98 Å². The Labute approximate surface area is 125 Å². The third kappa shape index (κ3) is 2.40. The molecule has 4 heteroatoms. The topological polar surface area (TPSA) is 61.0 Å². The van der Waals surface area contributed by atoms with E-state index >= 15 is 0 Å². The summed E-state index contributed by atoms with van der Waals surface area (Å²) in [6.07, 6.45) is 7.89. The second-order valence-corrected chi connectivity index (χ2v) is 5.66. The molecule has 0 saturated heterocycles. The number of methoxy groups -OCH3 is 1. The molecule has 1 fully saturated rings. The van der Waals surface area contributed by atoms with E-state index < -0.39 is 0 Å². The molecule has 2 N–H and O–H groups in total. The first kappa shape index (κ1) is 14.0. The molecule has 3 rings (SSSR count). The van der Waals surface area contributed by atoms with Crippen molar-refractivity contribution in [1.82, 2.24) is 9.97 Å². The van der Waals surface area contributed by atoms with Crippen molar-refractivity contribution >= 4 is 0 Å². The van der Waals surface area contributed by atoms with Crippen LogP contribution in [0, 0.1) is 0 Å². The number of rotatable bonds is 4. The van der Waals surface area contributed by atoms with Crippen LogP contribution in [0.25, 0.3) is 0 Å². The van der Waals surface area contributed by atoms with Crippen molar-refractivity contribution in [1.29, 1.82) is 0 Å². The van der Waals surface area contributed by atoms with Crippen LogP contribution in [0.4, 0.5) is 0 Å². The summed E-state index contributed by atoms with van der Waals surface area (Å²) in [6, 6.07) is 10.3. The van der Waals surface area contributed by atoms with E-state index in [1.807, 2.05) is 6.07 Å². The van der Waals surface area contributed by atoms with Gasteiger partial charge in [0.2, 0.25) is 5.88 Å². The number of aromatic nitrogens is 2. The predicted molar refractivity (Wildman–Crippen MR) is 82.1 cm³/mol. The van der Waals surface area contributed by atoms with Gasteiger partial charge in [-0.1, -0.05) is 43.2 Å². The molecule has 1 atom stereocenters. The molecule has 0 bridgehead atoms. The van der Waals surface area contributed by atoms with Gasteiger partial charge in [0.05, 0.1) is 13.2 Å². The monoisotopic (exact) mass is 283 g/mol. The Morgan fingerprint density at radius 3 is 2.43 bits per heavy atom. The van der Waals surface area contributed by atoms with Crippen LogP contribution in [-0.2, 0) is 5.41 Å². The van der Waals surface area contributed by atoms with E-state index in [1.54, 1.807) is 19.5 Å². The second kappa shape index (κ2) is 5.82. The van der Waals surface area contributed by atoms with Crippen LogP contribution in [0.3, 0.4) is 0 Å². The number of nitrogens with zero attached hydrogens (tertiary/aromatic N) is 2. The first-order valence-electron chi connectivity index (χ1n) is 7.44. The van der Waals surface area contributed by atoms with Crippen LogP contribution in [-0.4, -0.2) is 17.1 Å². The summed E-state index contributed by atoms with van der Waals surface area (Å²) in [6.45, 7) is 0. The number of ether oxygens (including phenoxy) is 1. The molecule has 1 aliphatic carbocycles. The average molecular weight is 283 g/mol. The van der Waals surface area contributed by atoms with Gasteiger partial charge in [-0.3, -0.25) is 4.98 Å². The van der Waals surface area contributed by atoms with E-state index in [0.29, 0.717) is 5.88 Å². The van der Waals surface area contributed by atoms with Gasteiger partial charge in [0.1, 0.15) is 5.69 Å². The fourth-order valence-corrected chi connectivity index (χ4v) is 3.52. The van der Waals surface area contributed by atoms with Crippen LogP contribution in [0.2, 0.25) is 0 Å². The molecule has 21 heavy (non-hydrogen) atoms. The molecule has 1 heterocycles. The summed E-state index contributed by atoms with van der Waals surface area (Å²) in [4.78, 5) is 8.70. The first-order valence-corrected chi connectivity index (χ1v) is 7.44. The van der Waals surface area contributed by atoms with Gasteiger partial charge in [-0.05, 0) is 18.4 Å². The van der Waals surface area contributed by atoms with Gasteiger partial charge in [-0.2, -0.15) is 0 Å². The van der Waals surface area contributed by atoms with Crippen LogP contribution in [0.5, 0.6) is 5.88 Å². The fraction of sp³-hybridized carbons (Fsp3) is 0.412. The highest BCUT2D eigenvalue weighted by atomic mass is 16.5. The SMILES string of the molecule is COc1nccnc1C(N)C1(c2ccccc2)CCCC1. The zero-order chi connectivity index (χ0) is 14.7. The fourth-order valence-electron chi connectivity index (χ4n) is 3.52. The lowest BCUT2D eigenvalue weighted by Gasteiger charge is -2.35. The van der Waals surface area contributed by atoms with E-state index in [9.17, 15) is 0 Å². The van der Waals surface area contributed by atoms with Crippen molar-refractivity contribution < 1.29 is 4.74 Å². The van der Waals surface area contributed by atoms with Crippen molar-refractivity contribution in [2.24, 2.45) is 5.73 Å². The average Bonchev–Trinajstić information content (AvgIpc) is 3.06. The summed E-state index contributed by atoms with van der Waals surface area (Å²) >= 11 is 0. The molecule has 0 radical (unpaired) electrons. The maximum absolute atomic E-state index is 6.66. The molecule has 0 amide bonds. The standard InChI is InChI=1S/C17H21N3O/c1-21-16-14(19-11-12-20-16)15(18)17(9-5-6-10-17)13-7-3-2-4-8-13/h2-4,7-8,11-12,15H,5-6,9-10,18H2,1H3. The van der Waals surface area contributed by atoms with E-state index in [2.05, 4.69) is 34.2 Å². The van der Waals surface area contributed by atoms with Crippen molar-refractivity contribution in [2.75, 3.05) is 7.11 Å². The van der Waals surface area contributed by atoms with Gasteiger partial charge in [0.25, 0.3) is 0 Å². The number of benzene rings is 1. The van der Waals surface area contributed by atoms with Crippen molar-refractivity contribution in [3.63, 3.8) is 0 Å². The highest BCUT2D eigenvalue weighted by molar-refractivity contribution is 5.34. The molecule has 0 spiro atoms. The molecule has 110 valence electrons. The summed E-state index contributed by atoms with van der Waals surface area (Å²) in [5.74, 6) is 0.534. The van der Waals surface area contributed by atoms with Crippen molar-refractivity contribution in [3.8, 4) is 5.88 Å². The normalized spacial score (nSPS) is 18.4. The van der Waals surface area contributed by atoms with Crippen LogP contribution < -0.4 is 10.5 Å². The minimum absolute atomic E-state index is 0.0649. The number of nitrogens with two attached hydrogens (primary N) is 1. The Morgan fingerprint density at radius 2 is 1.76 bits per heavy atom. The highest BCUT2D eigenvalue weighted by Gasteiger charge is 2.43. The maximum atomic E-state index is 6.66. The predicted octanol–water partition coefficient (Wildman–Crippen LogP) is 3.00. The largest absolute Gasteiger partial charge is 0.480 e. The second-order valence-electron chi connectivity index (χ2n) is 5.66. The maximum Gasteiger partial charge on any atom is 0.237 e. The lowest BCUT2D eigenvalue weighted by atomic mass is 9.72. The quantitative estimate of drug-likeness (QED) is 0.937. The van der Waals surface area contributed by atoms with Crippen molar-refractivity contribution in [3.05, 3.63) is 54.0 Å². The van der Waals surface area contributed by atoms with Crippen LogP contribution in [0.15, 0.2) is 42.7 Å². The van der Waals surface area contributed by atoms with Gasteiger partial charge in [-0.15, -0.1) is 0 Å². The highest BCUT2D eigenvalue weighted by Crippen LogP contribution is 2.49. The van der Waals surface area contributed by atoms with Gasteiger partial charge in [0.15, 0.2) is 0 Å². The lowest BCUT2D eigenvalue weighted by Crippen LogP contribution is -2.37. The van der Waals surface area contributed by atoms with E-state index in [4.69, 9.17) is 10.5 Å². The molecule has 4 nitrogen and oxygen atoms in total. The molecule has 1 aromatic heterocycles. The zero-order valence-corrected chi connectivity index (χ0v) is 12.3. The Kier molecular flexibility index (Phi) is 3.88. The third-order valence-corrected chi connectivity index (χ3v) is 4.62. The summed E-state index contributed by atoms with van der Waals surface area (Å²) in [5, 5.41) is 0. The Bertz CT molecular complexity index is 594. The molecule has 1 unspecified atom stereocenters. The Balaban J connectivity index is 2.06. The third-order valence-electron chi connectivity index (χ3n) is 4.62.